The fourth-order valence-electron chi connectivity index (χ4n) is 3.11. The van der Waals surface area contributed by atoms with Crippen molar-refractivity contribution < 1.29 is 30.0 Å². The van der Waals surface area contributed by atoms with Crippen LogP contribution in [0, 0.1) is 0 Å². The van der Waals surface area contributed by atoms with Crippen molar-refractivity contribution in [2.24, 2.45) is 0 Å². The average molecular weight is 358 g/mol. The summed E-state index contributed by atoms with van der Waals surface area (Å²) in [6, 6.07) is 13.7. The zero-order valence-electron chi connectivity index (χ0n) is 14.1. The normalized spacial score (nSPS) is 29.3. The van der Waals surface area contributed by atoms with Gasteiger partial charge in [-0.2, -0.15) is 0 Å². The fourth-order valence-corrected chi connectivity index (χ4v) is 3.11. The maximum absolute atomic E-state index is 12.2. The molecule has 5 atom stereocenters. The van der Waals surface area contributed by atoms with E-state index in [-0.39, 0.29) is 12.2 Å². The standard InChI is InChI=1S/C20H22O6/c21-11-17-19(24)20(25)18(23)16(26-17)10-15(22)8-6-12-5-7-13-3-1-2-4-14(13)9-12/h1-9,16-21,23-25H,10-11H2/b8-6+/t16-,17+,18-,19+,20+/m0/s1. The number of benzene rings is 2. The first-order valence-corrected chi connectivity index (χ1v) is 8.50. The third-order valence-electron chi connectivity index (χ3n) is 4.63. The van der Waals surface area contributed by atoms with E-state index in [1.165, 1.54) is 6.08 Å². The number of aliphatic hydroxyl groups excluding tert-OH is 4. The van der Waals surface area contributed by atoms with Crippen LogP contribution < -0.4 is 0 Å². The minimum Gasteiger partial charge on any atom is -0.394 e. The van der Waals surface area contributed by atoms with Crippen molar-refractivity contribution in [3.8, 4) is 0 Å². The molecule has 138 valence electrons. The molecule has 0 amide bonds. The van der Waals surface area contributed by atoms with E-state index in [1.807, 2.05) is 42.5 Å². The summed E-state index contributed by atoms with van der Waals surface area (Å²) in [5.74, 6) is -0.289. The van der Waals surface area contributed by atoms with Gasteiger partial charge in [-0.3, -0.25) is 4.79 Å². The van der Waals surface area contributed by atoms with Gasteiger partial charge in [0.1, 0.15) is 24.4 Å². The third kappa shape index (κ3) is 4.00. The molecule has 0 radical (unpaired) electrons. The second kappa shape index (κ2) is 8.07. The SMILES string of the molecule is O=C(/C=C/c1ccc2ccccc2c1)C[C@@H]1O[C@H](CO)[C@@H](O)[C@H](O)[C@H]1O. The lowest BCUT2D eigenvalue weighted by Gasteiger charge is -2.39. The first-order valence-electron chi connectivity index (χ1n) is 8.50. The van der Waals surface area contributed by atoms with Gasteiger partial charge in [0.2, 0.25) is 0 Å². The van der Waals surface area contributed by atoms with E-state index in [2.05, 4.69) is 0 Å². The molecule has 0 aliphatic carbocycles. The molecule has 1 saturated heterocycles. The first-order chi connectivity index (χ1) is 12.5. The molecule has 0 spiro atoms. The highest BCUT2D eigenvalue weighted by atomic mass is 16.5. The summed E-state index contributed by atoms with van der Waals surface area (Å²) in [6.45, 7) is -0.511. The largest absolute Gasteiger partial charge is 0.394 e. The van der Waals surface area contributed by atoms with Gasteiger partial charge in [-0.15, -0.1) is 0 Å². The second-order valence-corrected chi connectivity index (χ2v) is 6.48. The lowest BCUT2D eigenvalue weighted by atomic mass is 9.92. The molecule has 3 rings (SSSR count). The molecular formula is C20H22O6. The van der Waals surface area contributed by atoms with Crippen LogP contribution in [0.4, 0.5) is 0 Å². The zero-order valence-corrected chi connectivity index (χ0v) is 14.1. The molecule has 1 heterocycles. The van der Waals surface area contributed by atoms with Crippen LogP contribution in [0.1, 0.15) is 12.0 Å². The van der Waals surface area contributed by atoms with Crippen LogP contribution in [0.15, 0.2) is 48.5 Å². The van der Waals surface area contributed by atoms with Crippen molar-refractivity contribution in [1.29, 1.82) is 0 Å². The Bertz CT molecular complexity index is 800. The summed E-state index contributed by atoms with van der Waals surface area (Å²) in [4.78, 5) is 12.2. The Labute approximate surface area is 151 Å². The average Bonchev–Trinajstić information content (AvgIpc) is 2.66. The van der Waals surface area contributed by atoms with Crippen molar-refractivity contribution >= 4 is 22.6 Å². The van der Waals surface area contributed by atoms with Gasteiger partial charge in [0.15, 0.2) is 5.78 Å². The number of ether oxygens (including phenoxy) is 1. The minimum absolute atomic E-state index is 0.161. The number of ketones is 1. The number of carbonyl (C=O) groups excluding carboxylic acids is 1. The number of rotatable bonds is 5. The number of hydrogen-bond acceptors (Lipinski definition) is 6. The molecule has 6 nitrogen and oxygen atoms in total. The number of allylic oxidation sites excluding steroid dienone is 1. The molecule has 26 heavy (non-hydrogen) atoms. The maximum atomic E-state index is 12.2. The Morgan fingerprint density at radius 3 is 2.38 bits per heavy atom. The van der Waals surface area contributed by atoms with Crippen molar-refractivity contribution in [3.05, 3.63) is 54.1 Å². The molecule has 2 aromatic rings. The predicted molar refractivity (Wildman–Crippen MR) is 96.4 cm³/mol. The summed E-state index contributed by atoms with van der Waals surface area (Å²) in [5, 5.41) is 40.9. The molecule has 1 fully saturated rings. The topological polar surface area (TPSA) is 107 Å². The van der Waals surface area contributed by atoms with Gasteiger partial charge in [0, 0.05) is 6.42 Å². The van der Waals surface area contributed by atoms with Gasteiger partial charge >= 0.3 is 0 Å². The Hall–Kier alpha value is -2.09. The lowest BCUT2D eigenvalue weighted by molar-refractivity contribution is -0.229. The van der Waals surface area contributed by atoms with Gasteiger partial charge < -0.3 is 25.2 Å². The lowest BCUT2D eigenvalue weighted by Crippen LogP contribution is -2.58. The first kappa shape index (κ1) is 18.7. The van der Waals surface area contributed by atoms with Crippen LogP contribution in [-0.4, -0.2) is 63.3 Å². The van der Waals surface area contributed by atoms with Gasteiger partial charge in [-0.25, -0.2) is 0 Å². The summed E-state index contributed by atoms with van der Waals surface area (Å²) < 4.78 is 5.35. The van der Waals surface area contributed by atoms with Gasteiger partial charge in [0.05, 0.1) is 12.7 Å². The van der Waals surface area contributed by atoms with Crippen LogP contribution in [0.25, 0.3) is 16.8 Å². The zero-order chi connectivity index (χ0) is 18.7. The van der Waals surface area contributed by atoms with E-state index in [0.717, 1.165) is 16.3 Å². The molecule has 0 unspecified atom stereocenters. The second-order valence-electron chi connectivity index (χ2n) is 6.48. The Morgan fingerprint density at radius 1 is 0.962 bits per heavy atom. The van der Waals surface area contributed by atoms with E-state index in [1.54, 1.807) is 6.08 Å². The van der Waals surface area contributed by atoms with E-state index >= 15 is 0 Å². The molecule has 0 saturated carbocycles. The molecule has 6 heteroatoms. The molecule has 1 aliphatic rings. The van der Waals surface area contributed by atoms with Gasteiger partial charge in [-0.1, -0.05) is 42.5 Å². The van der Waals surface area contributed by atoms with Crippen molar-refractivity contribution in [2.75, 3.05) is 6.61 Å². The summed E-state index contributed by atoms with van der Waals surface area (Å²) in [7, 11) is 0. The quantitative estimate of drug-likeness (QED) is 0.585. The number of fused-ring (bicyclic) bond motifs is 1. The monoisotopic (exact) mass is 358 g/mol. The van der Waals surface area contributed by atoms with Gasteiger partial charge in [-0.05, 0) is 28.5 Å². The minimum atomic E-state index is -1.47. The summed E-state index contributed by atoms with van der Waals surface area (Å²) in [5.41, 5.74) is 0.867. The Balaban J connectivity index is 1.66. The predicted octanol–water partition coefficient (Wildman–Crippen LogP) is 0.655. The molecule has 0 bridgehead atoms. The number of aliphatic hydroxyl groups is 4. The Kier molecular flexibility index (Phi) is 5.80. The van der Waals surface area contributed by atoms with Crippen molar-refractivity contribution in [3.63, 3.8) is 0 Å². The highest BCUT2D eigenvalue weighted by molar-refractivity contribution is 5.94. The van der Waals surface area contributed by atoms with E-state index < -0.39 is 37.1 Å². The van der Waals surface area contributed by atoms with Crippen LogP contribution in [-0.2, 0) is 9.53 Å². The number of carbonyl (C=O) groups is 1. The van der Waals surface area contributed by atoms with Crippen LogP contribution in [0.5, 0.6) is 0 Å². The third-order valence-corrected chi connectivity index (χ3v) is 4.63. The molecular weight excluding hydrogens is 336 g/mol. The maximum Gasteiger partial charge on any atom is 0.158 e. The van der Waals surface area contributed by atoms with Crippen molar-refractivity contribution in [2.45, 2.75) is 36.9 Å². The Morgan fingerprint density at radius 2 is 1.65 bits per heavy atom. The van der Waals surface area contributed by atoms with Crippen molar-refractivity contribution in [1.82, 2.24) is 0 Å². The van der Waals surface area contributed by atoms with E-state index in [4.69, 9.17) is 4.74 Å². The summed E-state index contributed by atoms with van der Waals surface area (Å²) in [6.07, 6.45) is -3.37. The van der Waals surface area contributed by atoms with E-state index in [0.29, 0.717) is 0 Å². The molecule has 1 aliphatic heterocycles. The van der Waals surface area contributed by atoms with Crippen LogP contribution >= 0.6 is 0 Å². The molecule has 0 aromatic heterocycles. The van der Waals surface area contributed by atoms with Crippen LogP contribution in [0.3, 0.4) is 0 Å². The molecule has 2 aromatic carbocycles. The number of hydrogen-bond donors (Lipinski definition) is 4. The smallest absolute Gasteiger partial charge is 0.158 e. The van der Waals surface area contributed by atoms with Gasteiger partial charge in [0.25, 0.3) is 0 Å². The summed E-state index contributed by atoms with van der Waals surface area (Å²) >= 11 is 0. The van der Waals surface area contributed by atoms with Crippen LogP contribution in [0.2, 0.25) is 0 Å². The fraction of sp³-hybridized carbons (Fsp3) is 0.350. The molecule has 4 N–H and O–H groups in total. The highest BCUT2D eigenvalue weighted by Gasteiger charge is 2.43. The highest BCUT2D eigenvalue weighted by Crippen LogP contribution is 2.23. The van der Waals surface area contributed by atoms with E-state index in [9.17, 15) is 25.2 Å².